The Bertz CT molecular complexity index is 874. The van der Waals surface area contributed by atoms with Gasteiger partial charge in [0.1, 0.15) is 5.69 Å². The van der Waals surface area contributed by atoms with Crippen molar-refractivity contribution in [2.45, 2.75) is 72.8 Å². The third-order valence-corrected chi connectivity index (χ3v) is 6.00. The van der Waals surface area contributed by atoms with Crippen molar-refractivity contribution in [3.05, 3.63) is 46.8 Å². The largest absolute Gasteiger partial charge is 0.368 e. The maximum absolute atomic E-state index is 13.1. The van der Waals surface area contributed by atoms with Crippen LogP contribution in [0.15, 0.2) is 24.3 Å². The average molecular weight is 411 g/mol. The van der Waals surface area contributed by atoms with Crippen molar-refractivity contribution in [1.29, 1.82) is 0 Å². The van der Waals surface area contributed by atoms with Gasteiger partial charge in [0.05, 0.1) is 5.69 Å². The van der Waals surface area contributed by atoms with Gasteiger partial charge < -0.3 is 9.80 Å². The molecule has 164 valence electrons. The number of amides is 1. The van der Waals surface area contributed by atoms with Gasteiger partial charge in [-0.15, -0.1) is 0 Å². The smallest absolute Gasteiger partial charge is 0.272 e. The van der Waals surface area contributed by atoms with E-state index >= 15 is 0 Å². The maximum Gasteiger partial charge on any atom is 0.272 e. The van der Waals surface area contributed by atoms with E-state index in [9.17, 15) is 4.79 Å². The molecule has 1 aromatic heterocycles. The molecule has 3 rings (SSSR count). The van der Waals surface area contributed by atoms with Crippen LogP contribution in [0, 0.1) is 6.92 Å². The Morgan fingerprint density at radius 1 is 0.900 bits per heavy atom. The van der Waals surface area contributed by atoms with Crippen LogP contribution in [0.2, 0.25) is 0 Å². The van der Waals surface area contributed by atoms with Crippen LogP contribution in [0.4, 0.5) is 5.69 Å². The molecule has 30 heavy (non-hydrogen) atoms. The molecule has 0 saturated carbocycles. The van der Waals surface area contributed by atoms with Crippen LogP contribution in [0.3, 0.4) is 0 Å². The van der Waals surface area contributed by atoms with Gasteiger partial charge in [0.25, 0.3) is 5.91 Å². The standard InChI is InChI=1S/C25H38N4O/c1-9-29-22(14-18(2)26-29)23(30)28-12-10-27(11-13-28)21-16-19(24(3,4)5)15-20(17-21)25(6,7)8/h14-17H,9-13H2,1-8H3. The lowest BCUT2D eigenvalue weighted by molar-refractivity contribution is 0.0734. The highest BCUT2D eigenvalue weighted by molar-refractivity contribution is 5.93. The van der Waals surface area contributed by atoms with Gasteiger partial charge in [-0.25, -0.2) is 0 Å². The second kappa shape index (κ2) is 8.09. The molecule has 0 radical (unpaired) electrons. The molecule has 1 aliphatic heterocycles. The number of aryl methyl sites for hydroxylation is 2. The molecule has 5 nitrogen and oxygen atoms in total. The Hall–Kier alpha value is -2.30. The van der Waals surface area contributed by atoms with Crippen molar-refractivity contribution in [3.8, 4) is 0 Å². The first-order chi connectivity index (χ1) is 13.9. The highest BCUT2D eigenvalue weighted by atomic mass is 16.2. The van der Waals surface area contributed by atoms with Gasteiger partial charge in [-0.1, -0.05) is 47.6 Å². The summed E-state index contributed by atoms with van der Waals surface area (Å²) in [5.74, 6) is 0.0934. The van der Waals surface area contributed by atoms with E-state index in [4.69, 9.17) is 0 Å². The van der Waals surface area contributed by atoms with Crippen molar-refractivity contribution in [3.63, 3.8) is 0 Å². The molecule has 1 saturated heterocycles. The third-order valence-electron chi connectivity index (χ3n) is 6.00. The normalized spacial score (nSPS) is 15.6. The zero-order valence-electron chi connectivity index (χ0n) is 20.0. The fourth-order valence-electron chi connectivity index (χ4n) is 3.95. The second-order valence-electron chi connectivity index (χ2n) is 10.5. The number of nitrogens with zero attached hydrogens (tertiary/aromatic N) is 4. The van der Waals surface area contributed by atoms with Crippen LogP contribution in [-0.2, 0) is 17.4 Å². The van der Waals surface area contributed by atoms with E-state index in [2.05, 4.69) is 69.7 Å². The molecule has 0 spiro atoms. The van der Waals surface area contributed by atoms with Crippen LogP contribution in [0.1, 0.15) is 75.8 Å². The van der Waals surface area contributed by atoms with Crippen molar-refractivity contribution in [2.24, 2.45) is 0 Å². The molecule has 1 aliphatic rings. The van der Waals surface area contributed by atoms with E-state index in [0.717, 1.165) is 31.9 Å². The molecule has 0 N–H and O–H groups in total. The first-order valence-corrected chi connectivity index (χ1v) is 11.1. The number of benzene rings is 1. The maximum atomic E-state index is 13.1. The molecule has 1 amide bonds. The van der Waals surface area contributed by atoms with Gasteiger partial charge in [0, 0.05) is 38.4 Å². The van der Waals surface area contributed by atoms with Crippen molar-refractivity contribution >= 4 is 11.6 Å². The predicted molar refractivity (Wildman–Crippen MR) is 125 cm³/mol. The number of carbonyl (C=O) groups is 1. The topological polar surface area (TPSA) is 41.4 Å². The summed E-state index contributed by atoms with van der Waals surface area (Å²) in [7, 11) is 0. The highest BCUT2D eigenvalue weighted by Gasteiger charge is 2.27. The summed E-state index contributed by atoms with van der Waals surface area (Å²) in [4.78, 5) is 17.5. The summed E-state index contributed by atoms with van der Waals surface area (Å²) in [5, 5.41) is 4.43. The number of rotatable bonds is 3. The molecule has 0 bridgehead atoms. The van der Waals surface area contributed by atoms with Crippen LogP contribution >= 0.6 is 0 Å². The van der Waals surface area contributed by atoms with E-state index in [1.54, 1.807) is 0 Å². The fraction of sp³-hybridized carbons (Fsp3) is 0.600. The Morgan fingerprint density at radius 3 is 1.90 bits per heavy atom. The number of piperazine rings is 1. The molecule has 0 atom stereocenters. The summed E-state index contributed by atoms with van der Waals surface area (Å²) in [5.41, 5.74) is 5.81. The zero-order chi connectivity index (χ0) is 22.3. The first kappa shape index (κ1) is 22.4. The monoisotopic (exact) mass is 410 g/mol. The summed E-state index contributed by atoms with van der Waals surface area (Å²) in [6.07, 6.45) is 0. The van der Waals surface area contributed by atoms with Gasteiger partial charge in [-0.2, -0.15) is 5.10 Å². The quantitative estimate of drug-likeness (QED) is 0.732. The lowest BCUT2D eigenvalue weighted by atomic mass is 9.80. The van der Waals surface area contributed by atoms with E-state index in [1.165, 1.54) is 16.8 Å². The molecule has 2 aromatic rings. The lowest BCUT2D eigenvalue weighted by Crippen LogP contribution is -2.49. The Kier molecular flexibility index (Phi) is 6.03. The molecular weight excluding hydrogens is 372 g/mol. The van der Waals surface area contributed by atoms with Gasteiger partial charge in [0.15, 0.2) is 0 Å². The van der Waals surface area contributed by atoms with Crippen molar-refractivity contribution in [1.82, 2.24) is 14.7 Å². The summed E-state index contributed by atoms with van der Waals surface area (Å²) < 4.78 is 1.81. The van der Waals surface area contributed by atoms with Crippen LogP contribution in [0.25, 0.3) is 0 Å². The minimum absolute atomic E-state index is 0.0934. The SMILES string of the molecule is CCn1nc(C)cc1C(=O)N1CCN(c2cc(C(C)(C)C)cc(C(C)(C)C)c2)CC1. The van der Waals surface area contributed by atoms with Gasteiger partial charge in [-0.3, -0.25) is 9.48 Å². The van der Waals surface area contributed by atoms with Crippen molar-refractivity contribution in [2.75, 3.05) is 31.1 Å². The zero-order valence-corrected chi connectivity index (χ0v) is 20.0. The number of hydrogen-bond acceptors (Lipinski definition) is 3. The number of anilines is 1. The van der Waals surface area contributed by atoms with Crippen LogP contribution in [0.5, 0.6) is 0 Å². The Morgan fingerprint density at radius 2 is 1.43 bits per heavy atom. The Balaban J connectivity index is 1.80. The second-order valence-corrected chi connectivity index (χ2v) is 10.5. The summed E-state index contributed by atoms with van der Waals surface area (Å²) in [6, 6.07) is 8.93. The minimum Gasteiger partial charge on any atom is -0.368 e. The molecule has 1 aromatic carbocycles. The third kappa shape index (κ3) is 4.71. The fourth-order valence-corrected chi connectivity index (χ4v) is 3.95. The summed E-state index contributed by atoms with van der Waals surface area (Å²) in [6.45, 7) is 21.5. The van der Waals surface area contributed by atoms with E-state index in [0.29, 0.717) is 12.2 Å². The van der Waals surface area contributed by atoms with Crippen LogP contribution < -0.4 is 4.90 Å². The average Bonchev–Trinajstić information content (AvgIpc) is 3.06. The molecule has 1 fully saturated rings. The van der Waals surface area contributed by atoms with Crippen LogP contribution in [-0.4, -0.2) is 46.8 Å². The van der Waals surface area contributed by atoms with E-state index in [1.807, 2.05) is 29.5 Å². The van der Waals surface area contributed by atoms with Crippen molar-refractivity contribution < 1.29 is 4.79 Å². The molecular formula is C25H38N4O. The number of hydrogen-bond donors (Lipinski definition) is 0. The van der Waals surface area contributed by atoms with Gasteiger partial charge in [-0.05, 0) is 54.0 Å². The molecule has 0 aliphatic carbocycles. The van der Waals surface area contributed by atoms with E-state index in [-0.39, 0.29) is 16.7 Å². The highest BCUT2D eigenvalue weighted by Crippen LogP contribution is 2.33. The molecule has 0 unspecified atom stereocenters. The minimum atomic E-state index is 0.0934. The van der Waals surface area contributed by atoms with E-state index < -0.39 is 0 Å². The van der Waals surface area contributed by atoms with Gasteiger partial charge >= 0.3 is 0 Å². The number of aromatic nitrogens is 2. The number of carbonyl (C=O) groups excluding carboxylic acids is 1. The van der Waals surface area contributed by atoms with Gasteiger partial charge in [0.2, 0.25) is 0 Å². The Labute approximate surface area is 182 Å². The molecule has 5 heteroatoms. The summed E-state index contributed by atoms with van der Waals surface area (Å²) >= 11 is 0. The predicted octanol–water partition coefficient (Wildman–Crippen LogP) is 4.77. The lowest BCUT2D eigenvalue weighted by Gasteiger charge is -2.37. The first-order valence-electron chi connectivity index (χ1n) is 11.1. The molecule has 2 heterocycles.